The summed E-state index contributed by atoms with van der Waals surface area (Å²) in [7, 11) is -13.7. The average molecular weight is 1720 g/mol. The molecular formula is C74H86N18O25S3. The minimum atomic E-state index is -4.64. The Morgan fingerprint density at radius 2 is 0.833 bits per heavy atom. The van der Waals surface area contributed by atoms with Gasteiger partial charge in [0.1, 0.15) is 83.7 Å². The van der Waals surface area contributed by atoms with Crippen LogP contribution < -0.4 is 47.7 Å². The Kier molecular flexibility index (Phi) is 25.8. The first-order valence-corrected chi connectivity index (χ1v) is 40.4. The highest BCUT2D eigenvalue weighted by molar-refractivity contribution is 7.85. The van der Waals surface area contributed by atoms with Crippen LogP contribution in [0.2, 0.25) is 0 Å². The van der Waals surface area contributed by atoms with Gasteiger partial charge in [0.05, 0.1) is 78.2 Å². The molecule has 12 atom stereocenters. The highest BCUT2D eigenvalue weighted by Crippen LogP contribution is 2.46. The molecule has 5 aliphatic heterocycles. The van der Waals surface area contributed by atoms with Gasteiger partial charge >= 0.3 is 43.1 Å². The van der Waals surface area contributed by atoms with Crippen LogP contribution in [0.1, 0.15) is 111 Å². The SMILES string of the molecule is C.CC(C)(C)OC(=O)Nc1ccnc2c1ncn2[C@@H]1O[C@H](COS(=O)(=O)NC(=O)c2ccccc2N)C2OC(C)(C)O[C@@H]21.CC1(C)OC2[C@@H](COS(=O)(=O)NC(=O)c3ccccc3NC(=O)OCc3ccccc3)O[C@@H](n3cnc4c(N)ccnc43)[C@H]2O1.Nc1ccccc1C(=O)NS(=O)(=O)OC[C@H]1O[C@@H](n2cnc3c(N)ccnc32)[C@@H](O)C1O. The number of pyridine rings is 3. The van der Waals surface area contributed by atoms with Crippen molar-refractivity contribution in [2.75, 3.05) is 53.4 Å². The van der Waals surface area contributed by atoms with Gasteiger partial charge in [0.25, 0.3) is 17.7 Å². The number of hydrogen-bond donors (Lipinski definition) is 11. The summed E-state index contributed by atoms with van der Waals surface area (Å²) in [5, 5.41) is 25.9. The van der Waals surface area contributed by atoms with Crippen LogP contribution in [0.5, 0.6) is 0 Å². The maximum atomic E-state index is 13.0. The molecule has 5 aliphatic rings. The van der Waals surface area contributed by atoms with Crippen molar-refractivity contribution in [3.05, 3.63) is 181 Å². The molecule has 15 N–H and O–H groups in total. The summed E-state index contributed by atoms with van der Waals surface area (Å²) in [5.41, 5.74) is 26.9. The predicted octanol–water partition coefficient (Wildman–Crippen LogP) is 4.88. The van der Waals surface area contributed by atoms with Crippen molar-refractivity contribution in [3.8, 4) is 0 Å². The van der Waals surface area contributed by atoms with E-state index in [-0.39, 0.29) is 47.8 Å². The van der Waals surface area contributed by atoms with Crippen LogP contribution >= 0.6 is 0 Å². The molecule has 43 nitrogen and oxygen atoms in total. The Morgan fingerprint density at radius 3 is 1.31 bits per heavy atom. The van der Waals surface area contributed by atoms with E-state index >= 15 is 0 Å². The van der Waals surface area contributed by atoms with Gasteiger partial charge < -0.3 is 75.8 Å². The minimum Gasteiger partial charge on any atom is -0.444 e. The summed E-state index contributed by atoms with van der Waals surface area (Å²) in [6.07, 6.45) is -4.28. The van der Waals surface area contributed by atoms with E-state index in [4.69, 9.17) is 78.1 Å². The minimum absolute atomic E-state index is 0. The van der Waals surface area contributed by atoms with Crippen molar-refractivity contribution in [1.29, 1.82) is 0 Å². The number of para-hydroxylation sites is 3. The second-order valence-electron chi connectivity index (χ2n) is 29.0. The lowest BCUT2D eigenvalue weighted by Crippen LogP contribution is -2.38. The van der Waals surface area contributed by atoms with Gasteiger partial charge in [-0.25, -0.2) is 53.7 Å². The third-order valence-corrected chi connectivity index (χ3v) is 21.0. The van der Waals surface area contributed by atoms with E-state index in [1.807, 2.05) is 15.5 Å². The summed E-state index contributed by atoms with van der Waals surface area (Å²) in [6.45, 7) is 10.5. The second-order valence-corrected chi connectivity index (χ2v) is 33.0. The predicted molar refractivity (Wildman–Crippen MR) is 425 cm³/mol. The number of nitrogens with two attached hydrogens (primary N) is 4. The average Bonchev–Trinajstić information content (AvgIpc) is 1.59. The quantitative estimate of drug-likeness (QED) is 0.0403. The van der Waals surface area contributed by atoms with Gasteiger partial charge in [-0.3, -0.25) is 51.3 Å². The zero-order valence-corrected chi connectivity index (χ0v) is 66.6. The summed E-state index contributed by atoms with van der Waals surface area (Å²) in [5.74, 6) is -4.97. The molecule has 0 radical (unpaired) electrons. The van der Waals surface area contributed by atoms with Crippen LogP contribution in [0.3, 0.4) is 0 Å². The molecule has 11 heterocycles. The fourth-order valence-corrected chi connectivity index (χ4v) is 15.3. The number of ether oxygens (including phenoxy) is 9. The molecule has 0 aliphatic carbocycles. The number of rotatable bonds is 22. The van der Waals surface area contributed by atoms with Gasteiger partial charge in [-0.2, -0.15) is 25.3 Å². The number of aromatic nitrogens is 9. The number of aliphatic hydroxyl groups is 2. The highest BCUT2D eigenvalue weighted by Gasteiger charge is 2.58. The Labute approximate surface area is 685 Å². The molecule has 6 aromatic heterocycles. The third kappa shape index (κ3) is 20.2. The van der Waals surface area contributed by atoms with E-state index < -0.39 is 171 Å². The highest BCUT2D eigenvalue weighted by atomic mass is 32.2. The normalized spacial score (nSPS) is 22.8. The van der Waals surface area contributed by atoms with Gasteiger partial charge in [-0.1, -0.05) is 74.2 Å². The van der Waals surface area contributed by atoms with Crippen LogP contribution in [-0.4, -0.2) is 201 Å². The molecule has 0 saturated carbocycles. The molecule has 0 bridgehead atoms. The van der Waals surface area contributed by atoms with E-state index in [1.165, 1.54) is 90.7 Å². The number of anilines is 6. The van der Waals surface area contributed by atoms with Crippen molar-refractivity contribution in [2.45, 2.75) is 153 Å². The lowest BCUT2D eigenvalue weighted by atomic mass is 10.1. The van der Waals surface area contributed by atoms with E-state index in [2.05, 4.69) is 40.5 Å². The number of fused-ring (bicyclic) bond motifs is 5. The molecular weight excluding hydrogens is 1640 g/mol. The summed E-state index contributed by atoms with van der Waals surface area (Å²) in [6, 6.07) is 31.6. The topological polar surface area (TPSA) is 595 Å². The maximum Gasteiger partial charge on any atom is 0.412 e. The molecule has 10 aromatic rings. The number of nitrogens with zero attached hydrogens (tertiary/aromatic N) is 9. The molecule has 4 aromatic carbocycles. The second kappa shape index (κ2) is 35.3. The smallest absolute Gasteiger partial charge is 0.412 e. The number of nitrogens with one attached hydrogen (secondary N) is 5. The standard InChI is InChI=1S/C29H30N6O9S.C26H32N6O9S.C18H20N6O7S.CH4/c1-29(2)43-23-21(42-27(24(23)44-29)35-16-32-22-19(30)12-13-31-25(22)35)15-41-45(38,39)34-26(36)18-10-6-7-11-20(18)33-28(37)40-14-17-8-4-3-5-9-17;1-25(2,3)41-24(34)30-16-10-11-28-21-18(16)29-13-32(21)23-20-19(39-26(4,5)40-20)17(38-23)12-37-42(35,36)31-22(33)14-8-6-7-9-15(14)27;19-10-4-2-1-3-9(10)17(27)23-32(28,29)30-7-12-14(25)15(26)18(31-12)24-8-22-13-11(20)5-6-21-16(13)24;/h3-13,16,21,23-24,27H,14-15H2,1-2H3,(H2,30,31)(H,33,37)(H,34,36);6-11,13,17,19-20,23H,12,27H2,1-5H3,(H,31,33)(H,28,30,34);1-6,8,12,14-15,18,25-26H,7,19H2,(H2,20,21)(H,23,27);1H4/t21-,23?,24+,27-;17-,19?,20+,23-;12-,14?,15+,18-;/m111./s1. The molecule has 640 valence electrons. The van der Waals surface area contributed by atoms with E-state index in [0.717, 1.165) is 5.56 Å². The number of aliphatic hydroxyl groups excluding tert-OH is 2. The number of benzene rings is 4. The maximum absolute atomic E-state index is 13.0. The molecule has 5 amide bonds. The van der Waals surface area contributed by atoms with Crippen molar-refractivity contribution in [3.63, 3.8) is 0 Å². The Balaban J connectivity index is 0.000000167. The monoisotopic (exact) mass is 1720 g/mol. The zero-order valence-electron chi connectivity index (χ0n) is 64.1. The Hall–Kier alpha value is -11.7. The first kappa shape index (κ1) is 87.6. The van der Waals surface area contributed by atoms with Crippen LogP contribution in [-0.2, 0) is 92.7 Å². The number of carbonyl (C=O) groups excluding carboxylic acids is 5. The largest absolute Gasteiger partial charge is 0.444 e. The zero-order chi connectivity index (χ0) is 85.3. The number of amides is 5. The van der Waals surface area contributed by atoms with Crippen molar-refractivity contribution in [1.82, 2.24) is 57.8 Å². The van der Waals surface area contributed by atoms with Gasteiger partial charge in [0.2, 0.25) is 0 Å². The lowest BCUT2D eigenvalue weighted by Gasteiger charge is -2.24. The molecule has 46 heteroatoms. The summed E-state index contributed by atoms with van der Waals surface area (Å²) >= 11 is 0. The Morgan fingerprint density at radius 1 is 0.450 bits per heavy atom. The van der Waals surface area contributed by atoms with Gasteiger partial charge in [0, 0.05) is 30.0 Å². The van der Waals surface area contributed by atoms with E-state index in [1.54, 1.807) is 129 Å². The first-order valence-electron chi connectivity index (χ1n) is 36.2. The van der Waals surface area contributed by atoms with Crippen LogP contribution in [0, 0.1) is 0 Å². The molecule has 15 rings (SSSR count). The fraction of sp³-hybridized carbons (Fsp3) is 0.365. The van der Waals surface area contributed by atoms with Crippen molar-refractivity contribution in [2.24, 2.45) is 0 Å². The van der Waals surface area contributed by atoms with Crippen molar-refractivity contribution < 1.29 is 115 Å². The molecule has 5 fully saturated rings. The van der Waals surface area contributed by atoms with Crippen LogP contribution in [0.4, 0.5) is 43.7 Å². The van der Waals surface area contributed by atoms with Crippen LogP contribution in [0.25, 0.3) is 33.5 Å². The Bertz CT molecular complexity index is 5820. The van der Waals surface area contributed by atoms with E-state index in [9.17, 15) is 59.4 Å². The first-order chi connectivity index (χ1) is 56.3. The number of imidazole rings is 3. The van der Waals surface area contributed by atoms with E-state index in [0.29, 0.717) is 50.6 Å². The van der Waals surface area contributed by atoms with Crippen molar-refractivity contribution >= 4 is 128 Å². The summed E-state index contributed by atoms with van der Waals surface area (Å²) in [4.78, 5) is 88.1. The molecule has 120 heavy (non-hydrogen) atoms. The third-order valence-electron chi connectivity index (χ3n) is 18.3. The van der Waals surface area contributed by atoms with Crippen LogP contribution in [0.15, 0.2) is 159 Å². The van der Waals surface area contributed by atoms with Gasteiger partial charge in [0.15, 0.2) is 47.2 Å². The summed E-state index contributed by atoms with van der Waals surface area (Å²) < 4.78 is 153. The number of carbonyl (C=O) groups is 5. The number of hydrogen-bond acceptors (Lipinski definition) is 35. The fourth-order valence-electron chi connectivity index (χ4n) is 13.2. The molecule has 3 unspecified atom stereocenters. The van der Waals surface area contributed by atoms with Gasteiger partial charge in [-0.15, -0.1) is 0 Å². The molecule has 5 saturated heterocycles. The number of nitrogen functional groups attached to an aromatic ring is 4. The van der Waals surface area contributed by atoms with Gasteiger partial charge in [-0.05, 0) is 109 Å². The lowest BCUT2D eigenvalue weighted by molar-refractivity contribution is -0.199. The molecule has 0 spiro atoms.